The Morgan fingerprint density at radius 1 is 1.11 bits per heavy atom. The van der Waals surface area contributed by atoms with Crippen LogP contribution in [0.25, 0.3) is 22.0 Å². The molecular formula is C14H14N4. The van der Waals surface area contributed by atoms with E-state index in [4.69, 9.17) is 0 Å². The lowest BCUT2D eigenvalue weighted by Crippen LogP contribution is -1.92. The molecule has 0 fully saturated rings. The maximum absolute atomic E-state index is 4.31. The van der Waals surface area contributed by atoms with Crippen molar-refractivity contribution in [3.8, 4) is 11.3 Å². The number of benzene rings is 1. The number of hydrogen-bond donors (Lipinski definition) is 1. The summed E-state index contributed by atoms with van der Waals surface area (Å²) in [4.78, 5) is 8.46. The summed E-state index contributed by atoms with van der Waals surface area (Å²) in [7, 11) is 3.87. The zero-order valence-electron chi connectivity index (χ0n) is 10.4. The molecule has 0 aliphatic carbocycles. The second-order valence-electron chi connectivity index (χ2n) is 4.27. The first-order valence-corrected chi connectivity index (χ1v) is 5.82. The van der Waals surface area contributed by atoms with E-state index in [2.05, 4.69) is 39.6 Å². The van der Waals surface area contributed by atoms with Gasteiger partial charge in [0.1, 0.15) is 5.82 Å². The lowest BCUT2D eigenvalue weighted by Gasteiger charge is -2.06. The van der Waals surface area contributed by atoms with E-state index in [0.717, 1.165) is 22.5 Å². The van der Waals surface area contributed by atoms with Gasteiger partial charge in [0.05, 0.1) is 18.2 Å². The molecule has 0 aliphatic heterocycles. The van der Waals surface area contributed by atoms with Crippen molar-refractivity contribution in [1.29, 1.82) is 0 Å². The van der Waals surface area contributed by atoms with Crippen LogP contribution in [-0.2, 0) is 7.05 Å². The highest BCUT2D eigenvalue weighted by Gasteiger charge is 2.04. The van der Waals surface area contributed by atoms with Crippen molar-refractivity contribution < 1.29 is 0 Å². The molecule has 0 radical (unpaired) electrons. The number of rotatable bonds is 2. The molecule has 2 heterocycles. The van der Waals surface area contributed by atoms with E-state index in [1.165, 1.54) is 5.39 Å². The van der Waals surface area contributed by atoms with Crippen molar-refractivity contribution >= 4 is 16.6 Å². The van der Waals surface area contributed by atoms with E-state index in [9.17, 15) is 0 Å². The number of aromatic nitrogens is 3. The first-order valence-electron chi connectivity index (χ1n) is 5.82. The topological polar surface area (TPSA) is 42.7 Å². The van der Waals surface area contributed by atoms with Gasteiger partial charge in [-0.05, 0) is 17.5 Å². The second kappa shape index (κ2) is 4.14. The van der Waals surface area contributed by atoms with Crippen molar-refractivity contribution in [3.05, 3.63) is 43.0 Å². The monoisotopic (exact) mass is 238 g/mol. The van der Waals surface area contributed by atoms with Gasteiger partial charge >= 0.3 is 0 Å². The molecule has 90 valence electrons. The molecule has 0 atom stereocenters. The zero-order valence-corrected chi connectivity index (χ0v) is 10.4. The van der Waals surface area contributed by atoms with E-state index >= 15 is 0 Å². The highest BCUT2D eigenvalue weighted by Crippen LogP contribution is 2.24. The molecule has 3 aromatic rings. The van der Waals surface area contributed by atoms with E-state index in [1.54, 1.807) is 0 Å². The number of anilines is 1. The van der Waals surface area contributed by atoms with Crippen molar-refractivity contribution in [1.82, 2.24) is 14.5 Å². The Kier molecular flexibility index (Phi) is 2.48. The van der Waals surface area contributed by atoms with Gasteiger partial charge in [-0.1, -0.05) is 12.1 Å². The molecule has 2 aromatic heterocycles. The fraction of sp³-hybridized carbons (Fsp3) is 0.143. The summed E-state index contributed by atoms with van der Waals surface area (Å²) in [5, 5.41) is 5.37. The van der Waals surface area contributed by atoms with Gasteiger partial charge in [0.2, 0.25) is 0 Å². The summed E-state index contributed by atoms with van der Waals surface area (Å²) < 4.78 is 2.02. The number of pyridine rings is 1. The van der Waals surface area contributed by atoms with Gasteiger partial charge in [0, 0.05) is 31.2 Å². The molecule has 1 N–H and O–H groups in total. The predicted octanol–water partition coefficient (Wildman–Crippen LogP) is 2.68. The quantitative estimate of drug-likeness (QED) is 0.746. The van der Waals surface area contributed by atoms with Gasteiger partial charge in [-0.25, -0.2) is 9.97 Å². The van der Waals surface area contributed by atoms with Crippen LogP contribution in [0, 0.1) is 0 Å². The van der Waals surface area contributed by atoms with E-state index < -0.39 is 0 Å². The average Bonchev–Trinajstić information content (AvgIpc) is 2.83. The Morgan fingerprint density at radius 3 is 2.72 bits per heavy atom. The molecular weight excluding hydrogens is 224 g/mol. The first kappa shape index (κ1) is 10.8. The summed E-state index contributed by atoms with van der Waals surface area (Å²) in [6.07, 6.45) is 5.57. The Morgan fingerprint density at radius 2 is 2.00 bits per heavy atom. The van der Waals surface area contributed by atoms with Crippen LogP contribution in [0.3, 0.4) is 0 Å². The highest BCUT2D eigenvalue weighted by molar-refractivity contribution is 5.87. The Labute approximate surface area is 105 Å². The van der Waals surface area contributed by atoms with E-state index in [1.807, 2.05) is 37.4 Å². The molecule has 4 heteroatoms. The molecule has 3 rings (SSSR count). The van der Waals surface area contributed by atoms with Crippen LogP contribution in [0.1, 0.15) is 0 Å². The zero-order chi connectivity index (χ0) is 12.5. The highest BCUT2D eigenvalue weighted by atomic mass is 15.0. The summed E-state index contributed by atoms with van der Waals surface area (Å²) in [6.45, 7) is 0. The standard InChI is InChI=1S/C14H14N4/c1-15-14-6-12-5-10(3-4-11(12)7-17-14)13-8-16-9-18(13)2/h3-9H,1-2H3,(H,15,17). The minimum absolute atomic E-state index is 0.879. The van der Waals surface area contributed by atoms with Crippen molar-refractivity contribution in [2.24, 2.45) is 7.05 Å². The molecule has 4 nitrogen and oxygen atoms in total. The normalized spacial score (nSPS) is 10.8. The molecule has 1 aromatic carbocycles. The van der Waals surface area contributed by atoms with Crippen LogP contribution in [-0.4, -0.2) is 21.6 Å². The lowest BCUT2D eigenvalue weighted by molar-refractivity contribution is 0.921. The third-order valence-electron chi connectivity index (χ3n) is 3.09. The van der Waals surface area contributed by atoms with Crippen molar-refractivity contribution in [2.75, 3.05) is 12.4 Å². The SMILES string of the molecule is CNc1cc2cc(-c3cncn3C)ccc2cn1. The molecule has 0 unspecified atom stereocenters. The van der Waals surface area contributed by atoms with Gasteiger partial charge in [0.15, 0.2) is 0 Å². The average molecular weight is 238 g/mol. The maximum Gasteiger partial charge on any atom is 0.126 e. The molecule has 18 heavy (non-hydrogen) atoms. The Bertz CT molecular complexity index is 700. The molecule has 0 saturated heterocycles. The summed E-state index contributed by atoms with van der Waals surface area (Å²) in [5.74, 6) is 0.879. The summed E-state index contributed by atoms with van der Waals surface area (Å²) >= 11 is 0. The lowest BCUT2D eigenvalue weighted by atomic mass is 10.1. The minimum Gasteiger partial charge on any atom is -0.373 e. The number of hydrogen-bond acceptors (Lipinski definition) is 3. The minimum atomic E-state index is 0.879. The summed E-state index contributed by atoms with van der Waals surface area (Å²) in [6, 6.07) is 8.40. The molecule has 0 saturated carbocycles. The van der Waals surface area contributed by atoms with E-state index in [-0.39, 0.29) is 0 Å². The van der Waals surface area contributed by atoms with Gasteiger partial charge in [-0.15, -0.1) is 0 Å². The van der Waals surface area contributed by atoms with Gasteiger partial charge in [-0.3, -0.25) is 0 Å². The van der Waals surface area contributed by atoms with Crippen LogP contribution in [0.2, 0.25) is 0 Å². The smallest absolute Gasteiger partial charge is 0.126 e. The van der Waals surface area contributed by atoms with Gasteiger partial charge < -0.3 is 9.88 Å². The second-order valence-corrected chi connectivity index (χ2v) is 4.27. The van der Waals surface area contributed by atoms with Crippen LogP contribution in [0.15, 0.2) is 43.0 Å². The van der Waals surface area contributed by atoms with Crippen LogP contribution < -0.4 is 5.32 Å². The van der Waals surface area contributed by atoms with Crippen molar-refractivity contribution in [2.45, 2.75) is 0 Å². The molecule has 0 bridgehead atoms. The largest absolute Gasteiger partial charge is 0.373 e. The Hall–Kier alpha value is -2.36. The number of aryl methyl sites for hydroxylation is 1. The van der Waals surface area contributed by atoms with Crippen LogP contribution in [0.4, 0.5) is 5.82 Å². The molecule has 0 aliphatic rings. The number of nitrogens with zero attached hydrogens (tertiary/aromatic N) is 3. The number of imidazole rings is 1. The first-order chi connectivity index (χ1) is 8.78. The third-order valence-corrected chi connectivity index (χ3v) is 3.09. The molecule has 0 amide bonds. The van der Waals surface area contributed by atoms with Crippen molar-refractivity contribution in [3.63, 3.8) is 0 Å². The van der Waals surface area contributed by atoms with Gasteiger partial charge in [-0.2, -0.15) is 0 Å². The number of fused-ring (bicyclic) bond motifs is 1. The maximum atomic E-state index is 4.31. The van der Waals surface area contributed by atoms with E-state index in [0.29, 0.717) is 0 Å². The molecule has 0 spiro atoms. The van der Waals surface area contributed by atoms with Gasteiger partial charge in [0.25, 0.3) is 0 Å². The fourth-order valence-electron chi connectivity index (χ4n) is 2.07. The fourth-order valence-corrected chi connectivity index (χ4v) is 2.07. The van der Waals surface area contributed by atoms with Crippen LogP contribution >= 0.6 is 0 Å². The predicted molar refractivity (Wildman–Crippen MR) is 73.5 cm³/mol. The Balaban J connectivity index is 2.18. The number of nitrogens with one attached hydrogen (secondary N) is 1. The summed E-state index contributed by atoms with van der Waals surface area (Å²) in [5.41, 5.74) is 2.27. The third kappa shape index (κ3) is 1.72. The van der Waals surface area contributed by atoms with Crippen LogP contribution in [0.5, 0.6) is 0 Å².